The van der Waals surface area contributed by atoms with Crippen molar-refractivity contribution in [3.05, 3.63) is 29.8 Å². The maximum Gasteiger partial charge on any atom is 0.0366 e. The monoisotopic (exact) mass is 260 g/mol. The van der Waals surface area contributed by atoms with E-state index >= 15 is 0 Å². The summed E-state index contributed by atoms with van der Waals surface area (Å²) in [5.41, 5.74) is 2.78. The number of rotatable bonds is 4. The lowest BCUT2D eigenvalue weighted by molar-refractivity contribution is 0.324. The number of anilines is 1. The van der Waals surface area contributed by atoms with Gasteiger partial charge in [0, 0.05) is 24.8 Å². The zero-order valence-corrected chi connectivity index (χ0v) is 12.8. The van der Waals surface area contributed by atoms with Gasteiger partial charge in [-0.1, -0.05) is 32.9 Å². The van der Waals surface area contributed by atoms with Crippen molar-refractivity contribution < 1.29 is 0 Å². The molecule has 0 aliphatic carbocycles. The highest BCUT2D eigenvalue weighted by molar-refractivity contribution is 5.48. The molecule has 3 atom stereocenters. The summed E-state index contributed by atoms with van der Waals surface area (Å²) in [4.78, 5) is 2.54. The van der Waals surface area contributed by atoms with Crippen LogP contribution in [-0.2, 0) is 0 Å². The van der Waals surface area contributed by atoms with Crippen molar-refractivity contribution in [3.63, 3.8) is 0 Å². The highest BCUT2D eigenvalue weighted by Crippen LogP contribution is 2.28. The Morgan fingerprint density at radius 3 is 2.42 bits per heavy atom. The van der Waals surface area contributed by atoms with Crippen molar-refractivity contribution in [1.82, 2.24) is 5.32 Å². The highest BCUT2D eigenvalue weighted by Gasteiger charge is 2.22. The Labute approximate surface area is 118 Å². The van der Waals surface area contributed by atoms with Gasteiger partial charge in [-0.2, -0.15) is 0 Å². The normalized spacial score (nSPS) is 25.4. The van der Waals surface area contributed by atoms with E-state index in [0.717, 1.165) is 18.3 Å². The molecule has 1 saturated heterocycles. The van der Waals surface area contributed by atoms with Crippen LogP contribution >= 0.6 is 0 Å². The van der Waals surface area contributed by atoms with Gasteiger partial charge in [-0.05, 0) is 49.4 Å². The fourth-order valence-corrected chi connectivity index (χ4v) is 3.02. The quantitative estimate of drug-likeness (QED) is 0.885. The lowest BCUT2D eigenvalue weighted by atomic mass is 9.88. The molecule has 2 heteroatoms. The minimum atomic E-state index is 0.481. The Hall–Kier alpha value is -1.02. The predicted octanol–water partition coefficient (Wildman–Crippen LogP) is 3.84. The van der Waals surface area contributed by atoms with E-state index in [2.05, 4.69) is 55.3 Å². The van der Waals surface area contributed by atoms with Crippen LogP contribution in [0.25, 0.3) is 0 Å². The fourth-order valence-electron chi connectivity index (χ4n) is 3.02. The van der Waals surface area contributed by atoms with E-state index in [1.807, 2.05) is 7.05 Å². The zero-order valence-electron chi connectivity index (χ0n) is 12.8. The maximum absolute atomic E-state index is 3.37. The summed E-state index contributed by atoms with van der Waals surface area (Å²) in [6, 6.07) is 9.62. The van der Waals surface area contributed by atoms with E-state index in [0.29, 0.717) is 6.04 Å². The molecule has 3 unspecified atom stereocenters. The molecular weight excluding hydrogens is 232 g/mol. The van der Waals surface area contributed by atoms with Crippen LogP contribution in [0.4, 0.5) is 5.69 Å². The number of piperidine rings is 1. The molecule has 19 heavy (non-hydrogen) atoms. The summed E-state index contributed by atoms with van der Waals surface area (Å²) < 4.78 is 0. The molecule has 1 aromatic rings. The van der Waals surface area contributed by atoms with Gasteiger partial charge in [-0.3, -0.25) is 0 Å². The van der Waals surface area contributed by atoms with E-state index in [1.165, 1.54) is 30.8 Å². The summed E-state index contributed by atoms with van der Waals surface area (Å²) in [5, 5.41) is 3.37. The average Bonchev–Trinajstić information content (AvgIpc) is 2.44. The van der Waals surface area contributed by atoms with E-state index in [1.54, 1.807) is 0 Å². The largest absolute Gasteiger partial charge is 0.371 e. The van der Waals surface area contributed by atoms with Crippen LogP contribution in [0.5, 0.6) is 0 Å². The number of nitrogens with one attached hydrogen (secondary N) is 1. The number of nitrogens with zero attached hydrogens (tertiary/aromatic N) is 1. The van der Waals surface area contributed by atoms with Crippen molar-refractivity contribution in [2.24, 2.45) is 11.8 Å². The van der Waals surface area contributed by atoms with Gasteiger partial charge >= 0.3 is 0 Å². The number of hydrogen-bond donors (Lipinski definition) is 1. The summed E-state index contributed by atoms with van der Waals surface area (Å²) >= 11 is 0. The van der Waals surface area contributed by atoms with Crippen LogP contribution in [0.2, 0.25) is 0 Å². The van der Waals surface area contributed by atoms with Gasteiger partial charge in [0.05, 0.1) is 0 Å². The van der Waals surface area contributed by atoms with E-state index in [9.17, 15) is 0 Å². The van der Waals surface area contributed by atoms with Gasteiger partial charge < -0.3 is 10.2 Å². The van der Waals surface area contributed by atoms with Crippen molar-refractivity contribution >= 4 is 5.69 Å². The second-order valence-electron chi connectivity index (χ2n) is 6.03. The standard InChI is InChI=1S/C17H28N2/c1-5-17(18-4)15-6-8-16(9-7-15)19-11-10-13(2)14(3)12-19/h6-9,13-14,17-18H,5,10-12H2,1-4H3. The van der Waals surface area contributed by atoms with E-state index in [-0.39, 0.29) is 0 Å². The Kier molecular flexibility index (Phi) is 4.87. The fraction of sp³-hybridized carbons (Fsp3) is 0.647. The molecule has 1 heterocycles. The molecule has 0 spiro atoms. The molecule has 1 fully saturated rings. The molecule has 0 amide bonds. The second-order valence-corrected chi connectivity index (χ2v) is 6.03. The van der Waals surface area contributed by atoms with Crippen molar-refractivity contribution in [3.8, 4) is 0 Å². The number of benzene rings is 1. The second kappa shape index (κ2) is 6.42. The lowest BCUT2D eigenvalue weighted by Gasteiger charge is -2.37. The minimum Gasteiger partial charge on any atom is -0.371 e. The molecule has 1 aromatic carbocycles. The van der Waals surface area contributed by atoms with Crippen LogP contribution in [-0.4, -0.2) is 20.1 Å². The molecule has 0 bridgehead atoms. The van der Waals surface area contributed by atoms with Crippen molar-refractivity contribution in [1.29, 1.82) is 0 Å². The smallest absolute Gasteiger partial charge is 0.0366 e. The Bertz CT molecular complexity index is 381. The molecule has 1 aliphatic heterocycles. The summed E-state index contributed by atoms with van der Waals surface area (Å²) in [6.45, 7) is 9.38. The molecule has 0 saturated carbocycles. The van der Waals surface area contributed by atoms with Crippen LogP contribution in [0.3, 0.4) is 0 Å². The average molecular weight is 260 g/mol. The summed E-state index contributed by atoms with van der Waals surface area (Å²) in [6.07, 6.45) is 2.45. The Morgan fingerprint density at radius 2 is 1.89 bits per heavy atom. The molecule has 0 aromatic heterocycles. The molecule has 0 radical (unpaired) electrons. The summed E-state index contributed by atoms with van der Waals surface area (Å²) in [5.74, 6) is 1.67. The van der Waals surface area contributed by atoms with Crippen LogP contribution in [0.15, 0.2) is 24.3 Å². The van der Waals surface area contributed by atoms with Crippen LogP contribution in [0.1, 0.15) is 45.2 Å². The maximum atomic E-state index is 3.37. The third-order valence-corrected chi connectivity index (χ3v) is 4.75. The van der Waals surface area contributed by atoms with Gasteiger partial charge in [0.15, 0.2) is 0 Å². The van der Waals surface area contributed by atoms with Gasteiger partial charge in [-0.25, -0.2) is 0 Å². The van der Waals surface area contributed by atoms with Gasteiger partial charge in [-0.15, -0.1) is 0 Å². The van der Waals surface area contributed by atoms with Crippen molar-refractivity contribution in [2.45, 2.75) is 39.7 Å². The molecular formula is C17H28N2. The third kappa shape index (κ3) is 3.30. The topological polar surface area (TPSA) is 15.3 Å². The van der Waals surface area contributed by atoms with Gasteiger partial charge in [0.2, 0.25) is 0 Å². The SMILES string of the molecule is CCC(NC)c1ccc(N2CCC(C)C(C)C2)cc1. The van der Waals surface area contributed by atoms with Gasteiger partial charge in [0.1, 0.15) is 0 Å². The minimum absolute atomic E-state index is 0.481. The Balaban J connectivity index is 2.06. The van der Waals surface area contributed by atoms with Crippen LogP contribution in [0, 0.1) is 11.8 Å². The first-order valence-electron chi connectivity index (χ1n) is 7.67. The molecule has 2 rings (SSSR count). The highest BCUT2D eigenvalue weighted by atomic mass is 15.1. The summed E-state index contributed by atoms with van der Waals surface area (Å²) in [7, 11) is 2.04. The molecule has 106 valence electrons. The first kappa shape index (κ1) is 14.4. The zero-order chi connectivity index (χ0) is 13.8. The molecule has 1 N–H and O–H groups in total. The van der Waals surface area contributed by atoms with Crippen molar-refractivity contribution in [2.75, 3.05) is 25.0 Å². The first-order chi connectivity index (χ1) is 9.15. The van der Waals surface area contributed by atoms with Crippen LogP contribution < -0.4 is 10.2 Å². The Morgan fingerprint density at radius 1 is 1.21 bits per heavy atom. The lowest BCUT2D eigenvalue weighted by Crippen LogP contribution is -2.38. The molecule has 2 nitrogen and oxygen atoms in total. The number of hydrogen-bond acceptors (Lipinski definition) is 2. The van der Waals surface area contributed by atoms with E-state index in [4.69, 9.17) is 0 Å². The first-order valence-corrected chi connectivity index (χ1v) is 7.67. The van der Waals surface area contributed by atoms with Gasteiger partial charge in [0.25, 0.3) is 0 Å². The van der Waals surface area contributed by atoms with E-state index < -0.39 is 0 Å². The third-order valence-electron chi connectivity index (χ3n) is 4.75. The molecule has 1 aliphatic rings. The predicted molar refractivity (Wildman–Crippen MR) is 83.7 cm³/mol.